The van der Waals surface area contributed by atoms with Gasteiger partial charge in [0, 0.05) is 132 Å². The van der Waals surface area contributed by atoms with E-state index in [0.29, 0.717) is 76.6 Å². The van der Waals surface area contributed by atoms with Crippen LogP contribution in [-0.4, -0.2) is 124 Å². The molecule has 97 heavy (non-hydrogen) atoms. The fourth-order valence-corrected chi connectivity index (χ4v) is 12.9. The quantitative estimate of drug-likeness (QED) is 0.0137. The van der Waals surface area contributed by atoms with Crippen LogP contribution in [0.4, 0.5) is 33.2 Å². The third-order valence-corrected chi connectivity index (χ3v) is 18.1. The lowest BCUT2D eigenvalue weighted by Crippen LogP contribution is -2.44. The van der Waals surface area contributed by atoms with Gasteiger partial charge in [-0.3, -0.25) is 24.5 Å². The average molecular weight is 1410 g/mol. The number of carbonyl (C=O) groups is 5. The Morgan fingerprint density at radius 2 is 1.38 bits per heavy atom. The number of nitrogens with one attached hydrogen (secondary N) is 5. The molecule has 0 radical (unpaired) electrons. The van der Waals surface area contributed by atoms with Crippen molar-refractivity contribution in [2.75, 3.05) is 82.3 Å². The summed E-state index contributed by atoms with van der Waals surface area (Å²) in [6.07, 6.45) is 19.8. The first-order valence-electron chi connectivity index (χ1n) is 34.1. The summed E-state index contributed by atoms with van der Waals surface area (Å²) in [7, 11) is 0. The molecule has 4 heterocycles. The molecule has 0 bridgehead atoms. The Kier molecular flexibility index (Phi) is 33.3. The minimum Gasteiger partial charge on any atom is -0.481 e. The highest BCUT2D eigenvalue weighted by molar-refractivity contribution is 6.20. The lowest BCUT2D eigenvalue weighted by Gasteiger charge is -2.23. The topological polar surface area (TPSA) is 246 Å². The molecule has 3 aromatic heterocycles. The van der Waals surface area contributed by atoms with Crippen LogP contribution in [0.25, 0.3) is 32.8 Å². The molecule has 22 heteroatoms. The number of alkyl halides is 3. The summed E-state index contributed by atoms with van der Waals surface area (Å²) in [6.45, 7) is 13.2. The normalized spacial score (nSPS) is 13.0. The number of amides is 4. The molecule has 0 saturated heterocycles. The van der Waals surface area contributed by atoms with Gasteiger partial charge in [-0.05, 0) is 123 Å². The molecule has 0 fully saturated rings. The van der Waals surface area contributed by atoms with Crippen molar-refractivity contribution in [3.05, 3.63) is 144 Å². The number of aliphatic carboxylic acids is 1. The van der Waals surface area contributed by atoms with Gasteiger partial charge in [0.05, 0.1) is 30.0 Å². The number of aromatic nitrogens is 2. The molecule has 8 N–H and O–H groups in total. The number of aliphatic hydroxyl groups is 2. The van der Waals surface area contributed by atoms with Gasteiger partial charge >= 0.3 is 12.1 Å². The fraction of sp³-hybridized carbons (Fsp3) is 0.453. The second kappa shape index (κ2) is 41.1. The van der Waals surface area contributed by atoms with E-state index in [9.17, 15) is 34.2 Å². The van der Waals surface area contributed by atoms with E-state index in [2.05, 4.69) is 56.5 Å². The molecule has 3 atom stereocenters. The summed E-state index contributed by atoms with van der Waals surface area (Å²) in [4.78, 5) is 74.4. The van der Waals surface area contributed by atoms with Gasteiger partial charge in [-0.15, -0.1) is 47.2 Å². The van der Waals surface area contributed by atoms with Crippen LogP contribution in [0.1, 0.15) is 174 Å². The van der Waals surface area contributed by atoms with E-state index in [1.807, 2.05) is 85.9 Å². The highest BCUT2D eigenvalue weighted by Crippen LogP contribution is 2.47. The van der Waals surface area contributed by atoms with Gasteiger partial charge in [0.15, 0.2) is 11.5 Å². The zero-order chi connectivity index (χ0) is 68.9. The summed E-state index contributed by atoms with van der Waals surface area (Å²) in [5, 5.41) is 38.5. The first-order chi connectivity index (χ1) is 46.5. The predicted molar refractivity (Wildman–Crippen MR) is 399 cm³/mol. The molecule has 0 aliphatic carbocycles. The molecule has 0 unspecified atom stereocenters. The number of fused-ring (bicyclic) bond motifs is 5. The van der Waals surface area contributed by atoms with Gasteiger partial charge < -0.3 is 59.8 Å². The van der Waals surface area contributed by atoms with Crippen LogP contribution in [0.5, 0.6) is 5.75 Å². The number of benzene rings is 5. The van der Waals surface area contributed by atoms with Crippen molar-refractivity contribution in [3.8, 4) is 5.75 Å². The van der Waals surface area contributed by atoms with Gasteiger partial charge in [-0.1, -0.05) is 121 Å². The highest BCUT2D eigenvalue weighted by Gasteiger charge is 2.37. The Balaban J connectivity index is 0.000000280. The standard InChI is InChI=1S/C41H37ClN6O5.C20H41NO3.C14H19Cl2NO2.ClH/c1-4-47(5-2)29-13-11-24-17-35(52-33(24)18-29)39(49)44-28-12-14-30-25(15-28)16-31(46-30)40(50)48-22-26(20-42)37-32(48)19-34(38-36(37)23(3)21-43-38)53-41(51)45-27-9-7-6-8-10-27;1-3-4-5-6-7-8-9-10-11-12-13-14-15-16-20(24)19(17-22)21-18(2)23;15-8-10-17(11-9-16)13-6-4-12(5-7-13)2-1-3-14(18)19;/h6-19,21,26,43,46H,4-5,20,22H2,1-3H3,(H,44,49)(H,45,51);19-20,22,24H,3-17H2,1-2H3,(H,21,23);4-7H,1-3,8-11H2,(H,18,19);1H/t26-;19-,20-;;/m10../s1. The number of anilines is 5. The minimum absolute atomic E-state index is 0. The number of aliphatic hydroxyl groups excluding tert-OH is 2. The number of hydrogen-bond acceptors (Lipinski definition) is 11. The molecule has 526 valence electrons. The number of aromatic amines is 2. The Hall–Kier alpha value is -7.45. The van der Waals surface area contributed by atoms with Gasteiger partial charge in [0.25, 0.3) is 11.8 Å². The van der Waals surface area contributed by atoms with Gasteiger partial charge in [-0.2, -0.15) is 0 Å². The monoisotopic (exact) mass is 1410 g/mol. The molecule has 9 rings (SSSR count). The van der Waals surface area contributed by atoms with Crippen LogP contribution < -0.4 is 35.4 Å². The summed E-state index contributed by atoms with van der Waals surface area (Å²) < 4.78 is 11.8. The SMILES string of the molecule is CCCCCCCCCCCCCCC[C@H](O)[C@H](CO)NC(C)=O.CCN(CC)c1ccc2cc(C(=O)Nc3ccc4[nH]c(C(=O)N5C[C@@H](CCl)c6c5cc(OC(=O)Nc5ccccc5)c5[nH]cc(C)c65)cc4c3)oc2c1.Cl.O=C(O)CCCc1ccc(N(CCCl)CCCl)cc1. The van der Waals surface area contributed by atoms with Crippen molar-refractivity contribution >= 4 is 138 Å². The van der Waals surface area contributed by atoms with E-state index in [0.717, 1.165) is 95.2 Å². The summed E-state index contributed by atoms with van der Waals surface area (Å²) in [5.41, 5.74) is 9.33. The molecular formula is C75H98Cl4N8O10. The third-order valence-electron chi connectivity index (χ3n) is 17.4. The maximum atomic E-state index is 14.3. The summed E-state index contributed by atoms with van der Waals surface area (Å²) in [5.74, 6) is 0.185. The van der Waals surface area contributed by atoms with Crippen LogP contribution >= 0.6 is 47.2 Å². The number of H-pyrrole nitrogens is 2. The zero-order valence-electron chi connectivity index (χ0n) is 56.7. The van der Waals surface area contributed by atoms with Crippen LogP contribution in [0.3, 0.4) is 0 Å². The predicted octanol–water partition coefficient (Wildman–Crippen LogP) is 17.5. The fourth-order valence-electron chi connectivity index (χ4n) is 12.2. The number of hydrogen-bond donors (Lipinski definition) is 8. The van der Waals surface area contributed by atoms with E-state index in [1.54, 1.807) is 41.3 Å². The third kappa shape index (κ3) is 23.3. The molecule has 8 aromatic rings. The second-order valence-electron chi connectivity index (χ2n) is 24.5. The molecule has 18 nitrogen and oxygen atoms in total. The van der Waals surface area contributed by atoms with Crippen LogP contribution in [0.2, 0.25) is 0 Å². The van der Waals surface area contributed by atoms with E-state index in [4.69, 9.17) is 49.1 Å². The van der Waals surface area contributed by atoms with Gasteiger partial charge in [-0.25, -0.2) is 4.79 Å². The summed E-state index contributed by atoms with van der Waals surface area (Å²) >= 11 is 18.1. The first kappa shape index (κ1) is 78.5. The van der Waals surface area contributed by atoms with E-state index in [1.165, 1.54) is 77.6 Å². The maximum absolute atomic E-state index is 14.3. The number of aryl methyl sites for hydroxylation is 2. The van der Waals surface area contributed by atoms with Crippen molar-refractivity contribution < 1.29 is 48.4 Å². The lowest BCUT2D eigenvalue weighted by atomic mass is 9.97. The van der Waals surface area contributed by atoms with Crippen molar-refractivity contribution in [3.63, 3.8) is 0 Å². The number of rotatable bonds is 35. The van der Waals surface area contributed by atoms with Crippen molar-refractivity contribution in [2.24, 2.45) is 0 Å². The smallest absolute Gasteiger partial charge is 0.417 e. The minimum atomic E-state index is -0.743. The number of nitrogens with zero attached hydrogens (tertiary/aromatic N) is 3. The number of unbranched alkanes of at least 4 members (excludes halogenated alkanes) is 12. The number of para-hydroxylation sites is 1. The molecule has 1 aliphatic rings. The van der Waals surface area contributed by atoms with Crippen molar-refractivity contribution in [1.29, 1.82) is 0 Å². The van der Waals surface area contributed by atoms with E-state index in [-0.39, 0.29) is 54.8 Å². The van der Waals surface area contributed by atoms with Crippen LogP contribution in [0, 0.1) is 6.92 Å². The van der Waals surface area contributed by atoms with Gasteiger partial charge in [0.1, 0.15) is 11.3 Å². The zero-order valence-corrected chi connectivity index (χ0v) is 59.8. The molecule has 0 saturated carbocycles. The number of furan rings is 1. The van der Waals surface area contributed by atoms with E-state index >= 15 is 0 Å². The molecule has 4 amide bonds. The lowest BCUT2D eigenvalue weighted by molar-refractivity contribution is -0.137. The Morgan fingerprint density at radius 1 is 0.732 bits per heavy atom. The highest BCUT2D eigenvalue weighted by atomic mass is 35.5. The average Bonchev–Trinajstić information content (AvgIpc) is 1.59. The van der Waals surface area contributed by atoms with Crippen LogP contribution in [-0.2, 0) is 16.0 Å². The summed E-state index contributed by atoms with van der Waals surface area (Å²) in [6, 6.07) is 33.2. The Morgan fingerprint density at radius 3 is 1.99 bits per heavy atom. The molecular weight excluding hydrogens is 1310 g/mol. The van der Waals surface area contributed by atoms with Crippen LogP contribution in [0.15, 0.2) is 120 Å². The second-order valence-corrected chi connectivity index (χ2v) is 25.6. The Labute approximate surface area is 591 Å². The number of carboxylic acids is 1. The maximum Gasteiger partial charge on any atom is 0.417 e. The number of carboxylic acid groups (broad SMARTS) is 1. The number of halogens is 4. The van der Waals surface area contributed by atoms with E-state index < -0.39 is 24.2 Å². The molecule has 5 aromatic carbocycles. The number of ether oxygens (including phenoxy) is 1. The molecule has 0 spiro atoms. The Bertz CT molecular complexity index is 3740. The van der Waals surface area contributed by atoms with Crippen molar-refractivity contribution in [2.45, 2.75) is 162 Å². The van der Waals surface area contributed by atoms with Crippen molar-refractivity contribution in [1.82, 2.24) is 15.3 Å². The largest absolute Gasteiger partial charge is 0.481 e. The van der Waals surface area contributed by atoms with Gasteiger partial charge in [0.2, 0.25) is 5.91 Å². The number of carbonyl (C=O) groups excluding carboxylic acids is 4. The first-order valence-corrected chi connectivity index (χ1v) is 35.7. The molecule has 1 aliphatic heterocycles.